The molecule has 41 heavy (non-hydrogen) atoms. The molecule has 0 aliphatic carbocycles. The molecule has 0 bridgehead atoms. The van der Waals surface area contributed by atoms with E-state index in [4.69, 9.17) is 9.73 Å². The molecule has 0 unspecified atom stereocenters. The van der Waals surface area contributed by atoms with E-state index in [1.807, 2.05) is 20.0 Å². The van der Waals surface area contributed by atoms with Gasteiger partial charge >= 0.3 is 0 Å². The van der Waals surface area contributed by atoms with Crippen LogP contribution in [0.5, 0.6) is 5.75 Å². The Hall–Kier alpha value is -3.25. The van der Waals surface area contributed by atoms with Gasteiger partial charge in [-0.3, -0.25) is 9.79 Å². The third-order valence-electron chi connectivity index (χ3n) is 7.76. The van der Waals surface area contributed by atoms with Crippen molar-refractivity contribution >= 4 is 21.4 Å². The van der Waals surface area contributed by atoms with Crippen molar-refractivity contribution < 1.29 is 23.1 Å². The topological polar surface area (TPSA) is 133 Å². The number of benzene rings is 1. The molecule has 1 aromatic heterocycles. The summed E-state index contributed by atoms with van der Waals surface area (Å²) in [5.74, 6) is 0.855. The monoisotopic (exact) mass is 588 g/mol. The summed E-state index contributed by atoms with van der Waals surface area (Å²) in [5, 5.41) is 9.55. The first kappa shape index (κ1) is 30.7. The molecule has 3 heterocycles. The summed E-state index contributed by atoms with van der Waals surface area (Å²) >= 11 is 0. The Kier molecular flexibility index (Phi) is 10.2. The molecule has 12 heteroatoms. The number of aromatic nitrogens is 1. The van der Waals surface area contributed by atoms with E-state index in [2.05, 4.69) is 11.8 Å². The van der Waals surface area contributed by atoms with E-state index in [9.17, 15) is 23.3 Å². The molecule has 1 aromatic carbocycles. The number of nitrogens with zero attached hydrogens (tertiary/aromatic N) is 4. The molecule has 0 radical (unpaired) electrons. The van der Waals surface area contributed by atoms with Gasteiger partial charge in [-0.25, -0.2) is 8.42 Å². The Balaban J connectivity index is 1.59. The molecular weight excluding hydrogens is 548 g/mol. The van der Waals surface area contributed by atoms with Crippen molar-refractivity contribution in [3.8, 4) is 5.75 Å². The van der Waals surface area contributed by atoms with Crippen molar-refractivity contribution in [2.45, 2.75) is 83.6 Å². The molecule has 0 atom stereocenters. The summed E-state index contributed by atoms with van der Waals surface area (Å²) in [4.78, 5) is 33.0. The molecule has 2 aliphatic heterocycles. The van der Waals surface area contributed by atoms with E-state index in [-0.39, 0.29) is 17.1 Å². The smallest absolute Gasteiger partial charge is 0.294 e. The Morgan fingerprint density at radius 2 is 1.88 bits per heavy atom. The van der Waals surface area contributed by atoms with Crippen LogP contribution < -0.4 is 10.3 Å². The molecule has 11 nitrogen and oxygen atoms in total. The number of aryl methyl sites for hydroxylation is 2. The molecule has 4 rings (SSSR count). The summed E-state index contributed by atoms with van der Waals surface area (Å²) in [6, 6.07) is 4.92. The van der Waals surface area contributed by atoms with Crippen LogP contribution in [-0.4, -0.2) is 54.4 Å². The molecule has 224 valence electrons. The average Bonchev–Trinajstić information content (AvgIpc) is 3.42. The Labute approximate surface area is 241 Å². The van der Waals surface area contributed by atoms with Crippen LogP contribution >= 0.6 is 0 Å². The first-order valence-corrected chi connectivity index (χ1v) is 16.0. The van der Waals surface area contributed by atoms with Crippen molar-refractivity contribution in [2.24, 2.45) is 10.9 Å². The first-order chi connectivity index (χ1) is 19.7. The number of sulfonamides is 1. The van der Waals surface area contributed by atoms with Gasteiger partial charge in [0.25, 0.3) is 10.6 Å². The van der Waals surface area contributed by atoms with Gasteiger partial charge < -0.3 is 14.1 Å². The standard InChI is InChI=1S/C29H40N4O7S/c1-4-8-22-20-31(6-3)29(34)25-19-26(30-28(22)25)24-18-23(10-11-27(24)39-16-5-2)41(37,38)32-14-12-21(13-15-32)9-7-17-40-33(35)36/h10-11,18,20-21H,4-9,12-17,19H2,1-3H3. The predicted molar refractivity (Wildman–Crippen MR) is 156 cm³/mol. The third-order valence-corrected chi connectivity index (χ3v) is 9.65. The molecule has 2 aliphatic rings. The van der Waals surface area contributed by atoms with E-state index in [0.29, 0.717) is 86.1 Å². The second-order valence-electron chi connectivity index (χ2n) is 10.6. The van der Waals surface area contributed by atoms with Crippen LogP contribution in [-0.2, 0) is 34.2 Å². The summed E-state index contributed by atoms with van der Waals surface area (Å²) in [7, 11) is -3.77. The largest absolute Gasteiger partial charge is 0.493 e. The molecule has 0 saturated carbocycles. The van der Waals surface area contributed by atoms with Crippen LogP contribution in [0.15, 0.2) is 39.1 Å². The van der Waals surface area contributed by atoms with Gasteiger partial charge in [0.2, 0.25) is 10.0 Å². The molecule has 0 N–H and O–H groups in total. The fourth-order valence-corrected chi connectivity index (χ4v) is 7.09. The van der Waals surface area contributed by atoms with E-state index in [1.165, 1.54) is 4.31 Å². The minimum atomic E-state index is -3.77. The zero-order valence-electron chi connectivity index (χ0n) is 24.1. The zero-order chi connectivity index (χ0) is 29.6. The van der Waals surface area contributed by atoms with Gasteiger partial charge in [-0.2, -0.15) is 4.31 Å². The number of hydrogen-bond donors (Lipinski definition) is 0. The van der Waals surface area contributed by atoms with Gasteiger partial charge in [-0.15, -0.1) is 10.1 Å². The van der Waals surface area contributed by atoms with Crippen molar-refractivity contribution in [3.63, 3.8) is 0 Å². The van der Waals surface area contributed by atoms with Crippen LogP contribution in [0, 0.1) is 16.0 Å². The number of ether oxygens (including phenoxy) is 1. The van der Waals surface area contributed by atoms with Gasteiger partial charge in [-0.05, 0) is 75.1 Å². The highest BCUT2D eigenvalue weighted by Crippen LogP contribution is 2.35. The maximum atomic E-state index is 13.7. The number of rotatable bonds is 14. The molecule has 0 amide bonds. The summed E-state index contributed by atoms with van der Waals surface area (Å²) in [6.07, 6.45) is 7.43. The lowest BCUT2D eigenvalue weighted by Crippen LogP contribution is -2.38. The number of fused-ring (bicyclic) bond motifs is 1. The van der Waals surface area contributed by atoms with E-state index < -0.39 is 15.1 Å². The molecule has 2 aromatic rings. The van der Waals surface area contributed by atoms with E-state index in [0.717, 1.165) is 31.2 Å². The third kappa shape index (κ3) is 6.98. The van der Waals surface area contributed by atoms with Crippen LogP contribution in [0.1, 0.15) is 76.0 Å². The molecule has 1 fully saturated rings. The Bertz CT molecular complexity index is 1440. The average molecular weight is 589 g/mol. The molecule has 0 spiro atoms. The summed E-state index contributed by atoms with van der Waals surface area (Å²) < 4.78 is 36.7. The van der Waals surface area contributed by atoms with Gasteiger partial charge in [0.1, 0.15) is 5.75 Å². The van der Waals surface area contributed by atoms with Crippen LogP contribution in [0.2, 0.25) is 0 Å². The van der Waals surface area contributed by atoms with Gasteiger partial charge in [0.15, 0.2) is 0 Å². The van der Waals surface area contributed by atoms with E-state index in [1.54, 1.807) is 22.8 Å². The Morgan fingerprint density at radius 3 is 2.54 bits per heavy atom. The second-order valence-corrected chi connectivity index (χ2v) is 12.5. The highest BCUT2D eigenvalue weighted by molar-refractivity contribution is 7.89. The summed E-state index contributed by atoms with van der Waals surface area (Å²) in [6.45, 7) is 7.91. The minimum Gasteiger partial charge on any atom is -0.493 e. The second kappa shape index (κ2) is 13.6. The van der Waals surface area contributed by atoms with Crippen LogP contribution in [0.3, 0.4) is 0 Å². The van der Waals surface area contributed by atoms with Crippen molar-refractivity contribution in [1.29, 1.82) is 0 Å². The number of pyridine rings is 1. The van der Waals surface area contributed by atoms with E-state index >= 15 is 0 Å². The number of hydrogen-bond acceptors (Lipinski definition) is 8. The Morgan fingerprint density at radius 1 is 1.12 bits per heavy atom. The highest BCUT2D eigenvalue weighted by atomic mass is 32.2. The van der Waals surface area contributed by atoms with Crippen molar-refractivity contribution in [3.05, 3.63) is 61.6 Å². The predicted octanol–water partition coefficient (Wildman–Crippen LogP) is 4.68. The number of aliphatic imine (C=N–C) groups is 1. The van der Waals surface area contributed by atoms with Crippen molar-refractivity contribution in [2.75, 3.05) is 26.3 Å². The van der Waals surface area contributed by atoms with Gasteiger partial charge in [0, 0.05) is 43.4 Å². The molecular formula is C29H40N4O7S. The lowest BCUT2D eigenvalue weighted by atomic mass is 9.93. The maximum Gasteiger partial charge on any atom is 0.294 e. The zero-order valence-corrected chi connectivity index (χ0v) is 25.0. The summed E-state index contributed by atoms with van der Waals surface area (Å²) in [5.41, 5.74) is 3.55. The number of piperidine rings is 1. The van der Waals surface area contributed by atoms with Crippen LogP contribution in [0.4, 0.5) is 5.69 Å². The normalized spacial score (nSPS) is 15.9. The quantitative estimate of drug-likeness (QED) is 0.178. The van der Waals surface area contributed by atoms with Crippen molar-refractivity contribution in [1.82, 2.24) is 8.87 Å². The molecule has 1 saturated heterocycles. The fourth-order valence-electron chi connectivity index (χ4n) is 5.59. The minimum absolute atomic E-state index is 0.0563. The van der Waals surface area contributed by atoms with Gasteiger partial charge in [-0.1, -0.05) is 20.3 Å². The fraction of sp³-hybridized carbons (Fsp3) is 0.586. The SMILES string of the molecule is CCCOc1ccc(S(=O)(=O)N2CCC(CCCO[N+](=O)[O-])CC2)cc1C1=Nc2c(CCC)cn(CC)c(=O)c2C1. The van der Waals surface area contributed by atoms with Crippen LogP contribution in [0.25, 0.3) is 0 Å². The van der Waals surface area contributed by atoms with Gasteiger partial charge in [0.05, 0.1) is 29.5 Å². The maximum absolute atomic E-state index is 13.7. The lowest BCUT2D eigenvalue weighted by Gasteiger charge is -2.31. The lowest BCUT2D eigenvalue weighted by molar-refractivity contribution is -0.757. The first-order valence-electron chi connectivity index (χ1n) is 14.6. The highest BCUT2D eigenvalue weighted by Gasteiger charge is 2.31.